The molecule has 0 aliphatic rings. The molecule has 0 fully saturated rings. The fourth-order valence-corrected chi connectivity index (χ4v) is 3.77. The number of hydrogen-bond acceptors (Lipinski definition) is 4. The second-order valence-corrected chi connectivity index (χ2v) is 8.47. The number of carbonyl (C=O) groups excluding carboxylic acids is 1. The van der Waals surface area contributed by atoms with E-state index in [2.05, 4.69) is 44.9 Å². The molecule has 2 rings (SSSR count). The molecular weight excluding hydrogens is 503 g/mol. The smallest absolute Gasteiger partial charge is 0.243 e. The SMILES string of the molecule is CN(C)C(=O)CN=C(NCCSc1ccccc1)N(C)CCc1cccs1.I. The van der Waals surface area contributed by atoms with Crippen LogP contribution in [0, 0.1) is 0 Å². The van der Waals surface area contributed by atoms with Crippen LogP contribution in [0.25, 0.3) is 0 Å². The molecule has 0 aliphatic carbocycles. The van der Waals surface area contributed by atoms with Crippen LogP contribution in [0.5, 0.6) is 0 Å². The molecule has 0 aliphatic heterocycles. The van der Waals surface area contributed by atoms with Gasteiger partial charge < -0.3 is 15.1 Å². The summed E-state index contributed by atoms with van der Waals surface area (Å²) in [5.41, 5.74) is 0. The Morgan fingerprint density at radius 1 is 1.14 bits per heavy atom. The average Bonchev–Trinajstić information content (AvgIpc) is 3.19. The first-order chi connectivity index (χ1) is 13.1. The summed E-state index contributed by atoms with van der Waals surface area (Å²) in [5, 5.41) is 5.50. The van der Waals surface area contributed by atoms with E-state index < -0.39 is 0 Å². The number of thioether (sulfide) groups is 1. The highest BCUT2D eigenvalue weighted by atomic mass is 127. The van der Waals surface area contributed by atoms with Gasteiger partial charge in [-0.15, -0.1) is 47.1 Å². The van der Waals surface area contributed by atoms with Gasteiger partial charge >= 0.3 is 0 Å². The summed E-state index contributed by atoms with van der Waals surface area (Å²) in [6, 6.07) is 14.6. The predicted octanol–water partition coefficient (Wildman–Crippen LogP) is 3.67. The van der Waals surface area contributed by atoms with Crippen LogP contribution in [0.2, 0.25) is 0 Å². The predicted molar refractivity (Wildman–Crippen MR) is 132 cm³/mol. The van der Waals surface area contributed by atoms with Gasteiger partial charge in [0.25, 0.3) is 0 Å². The summed E-state index contributed by atoms with van der Waals surface area (Å²) < 4.78 is 0. The van der Waals surface area contributed by atoms with Crippen LogP contribution in [0.15, 0.2) is 57.7 Å². The molecule has 1 aromatic heterocycles. The van der Waals surface area contributed by atoms with E-state index in [1.54, 1.807) is 42.1 Å². The van der Waals surface area contributed by atoms with Crippen LogP contribution >= 0.6 is 47.1 Å². The fourth-order valence-electron chi connectivity index (χ4n) is 2.28. The maximum absolute atomic E-state index is 11.9. The number of likely N-dealkylation sites (N-methyl/N-ethyl adjacent to an activating group) is 2. The van der Waals surface area contributed by atoms with Crippen molar-refractivity contribution < 1.29 is 4.79 Å². The number of rotatable bonds is 9. The second kappa shape index (κ2) is 13.8. The van der Waals surface area contributed by atoms with Gasteiger partial charge in [-0.05, 0) is 30.0 Å². The van der Waals surface area contributed by atoms with Gasteiger partial charge in [0.1, 0.15) is 6.54 Å². The van der Waals surface area contributed by atoms with E-state index in [1.165, 1.54) is 9.77 Å². The molecule has 0 unspecified atom stereocenters. The van der Waals surface area contributed by atoms with E-state index in [1.807, 2.05) is 25.2 Å². The number of nitrogens with zero attached hydrogens (tertiary/aromatic N) is 3. The van der Waals surface area contributed by atoms with Crippen molar-refractivity contribution in [2.24, 2.45) is 4.99 Å². The molecule has 1 aromatic carbocycles. The summed E-state index contributed by atoms with van der Waals surface area (Å²) in [6.45, 7) is 1.80. The minimum absolute atomic E-state index is 0. The number of amides is 1. The van der Waals surface area contributed by atoms with Crippen LogP contribution in [-0.2, 0) is 11.2 Å². The number of thiophene rings is 1. The van der Waals surface area contributed by atoms with Crippen molar-refractivity contribution >= 4 is 58.9 Å². The number of carbonyl (C=O) groups is 1. The lowest BCUT2D eigenvalue weighted by atomic mass is 10.3. The van der Waals surface area contributed by atoms with Crippen LogP contribution in [0.3, 0.4) is 0 Å². The van der Waals surface area contributed by atoms with E-state index in [0.717, 1.165) is 31.2 Å². The van der Waals surface area contributed by atoms with Crippen molar-refractivity contribution in [1.82, 2.24) is 15.1 Å². The summed E-state index contributed by atoms with van der Waals surface area (Å²) >= 11 is 3.57. The number of aliphatic imine (C=N–C) groups is 1. The zero-order valence-electron chi connectivity index (χ0n) is 16.6. The van der Waals surface area contributed by atoms with Crippen molar-refractivity contribution in [1.29, 1.82) is 0 Å². The van der Waals surface area contributed by atoms with Crippen molar-refractivity contribution in [3.05, 3.63) is 52.7 Å². The molecule has 1 heterocycles. The quantitative estimate of drug-likeness (QED) is 0.176. The summed E-state index contributed by atoms with van der Waals surface area (Å²) in [6.07, 6.45) is 0.968. The van der Waals surface area contributed by atoms with Crippen LogP contribution in [0.1, 0.15) is 4.88 Å². The maximum atomic E-state index is 11.9. The molecule has 0 radical (unpaired) electrons. The first-order valence-electron chi connectivity index (χ1n) is 8.96. The Kier molecular flexibility index (Phi) is 12.2. The summed E-state index contributed by atoms with van der Waals surface area (Å²) in [7, 11) is 5.52. The third-order valence-corrected chi connectivity index (χ3v) is 5.85. The molecule has 28 heavy (non-hydrogen) atoms. The monoisotopic (exact) mass is 532 g/mol. The molecule has 1 N–H and O–H groups in total. The largest absolute Gasteiger partial charge is 0.355 e. The second-order valence-electron chi connectivity index (χ2n) is 6.27. The molecule has 0 spiro atoms. The minimum atomic E-state index is -0.000354. The molecule has 0 saturated heterocycles. The number of benzene rings is 1. The van der Waals surface area contributed by atoms with E-state index in [9.17, 15) is 4.79 Å². The van der Waals surface area contributed by atoms with E-state index >= 15 is 0 Å². The van der Waals surface area contributed by atoms with Crippen LogP contribution < -0.4 is 5.32 Å². The molecule has 154 valence electrons. The fraction of sp³-hybridized carbons (Fsp3) is 0.400. The highest BCUT2D eigenvalue weighted by Gasteiger charge is 2.09. The first kappa shape index (κ1) is 24.8. The molecule has 0 saturated carbocycles. The Balaban J connectivity index is 0.00000392. The summed E-state index contributed by atoms with van der Waals surface area (Å²) in [5.74, 6) is 1.71. The number of guanidine groups is 1. The van der Waals surface area contributed by atoms with Crippen molar-refractivity contribution in [3.63, 3.8) is 0 Å². The highest BCUT2D eigenvalue weighted by molar-refractivity contribution is 14.0. The van der Waals surface area contributed by atoms with E-state index in [0.29, 0.717) is 0 Å². The topological polar surface area (TPSA) is 47.9 Å². The first-order valence-corrected chi connectivity index (χ1v) is 10.8. The normalized spacial score (nSPS) is 10.9. The third kappa shape index (κ3) is 9.29. The molecule has 5 nitrogen and oxygen atoms in total. The van der Waals surface area contributed by atoms with Crippen molar-refractivity contribution in [2.45, 2.75) is 11.3 Å². The van der Waals surface area contributed by atoms with Gasteiger partial charge in [-0.25, -0.2) is 4.99 Å². The number of nitrogens with one attached hydrogen (secondary N) is 1. The van der Waals surface area contributed by atoms with Gasteiger partial charge in [-0.1, -0.05) is 24.3 Å². The Labute approximate surface area is 193 Å². The zero-order valence-corrected chi connectivity index (χ0v) is 20.6. The lowest BCUT2D eigenvalue weighted by molar-refractivity contribution is -0.127. The number of hydrogen-bond donors (Lipinski definition) is 1. The van der Waals surface area contributed by atoms with Gasteiger partial charge in [-0.3, -0.25) is 4.79 Å². The third-order valence-electron chi connectivity index (χ3n) is 3.90. The molecule has 2 aromatic rings. The zero-order chi connectivity index (χ0) is 19.5. The van der Waals surface area contributed by atoms with Crippen molar-refractivity contribution in [3.8, 4) is 0 Å². The lowest BCUT2D eigenvalue weighted by Crippen LogP contribution is -2.41. The average molecular weight is 533 g/mol. The standard InChI is InChI=1S/C20H28N4OS2.HI/c1-23(2)19(25)16-22-20(24(3)13-11-18-10-7-14-26-18)21-12-15-27-17-8-5-4-6-9-17;/h4-10,14H,11-13,15-16H2,1-3H3,(H,21,22);1H. The molecule has 8 heteroatoms. The van der Waals surface area contributed by atoms with Crippen LogP contribution in [-0.4, -0.2) is 68.2 Å². The molecule has 0 bridgehead atoms. The van der Waals surface area contributed by atoms with Crippen molar-refractivity contribution in [2.75, 3.05) is 46.5 Å². The Hall–Kier alpha value is -1.26. The van der Waals surface area contributed by atoms with E-state index in [4.69, 9.17) is 0 Å². The Morgan fingerprint density at radius 2 is 1.89 bits per heavy atom. The maximum Gasteiger partial charge on any atom is 0.243 e. The van der Waals surface area contributed by atoms with Gasteiger partial charge in [-0.2, -0.15) is 0 Å². The number of halogens is 1. The van der Waals surface area contributed by atoms with Gasteiger partial charge in [0, 0.05) is 49.8 Å². The van der Waals surface area contributed by atoms with Gasteiger partial charge in [0.15, 0.2) is 5.96 Å². The lowest BCUT2D eigenvalue weighted by Gasteiger charge is -2.22. The Morgan fingerprint density at radius 3 is 2.54 bits per heavy atom. The van der Waals surface area contributed by atoms with Gasteiger partial charge in [0.05, 0.1) is 0 Å². The molecule has 1 amide bonds. The summed E-state index contributed by atoms with van der Waals surface area (Å²) in [4.78, 5) is 22.7. The minimum Gasteiger partial charge on any atom is -0.355 e. The van der Waals surface area contributed by atoms with E-state index in [-0.39, 0.29) is 36.4 Å². The van der Waals surface area contributed by atoms with Crippen LogP contribution in [0.4, 0.5) is 0 Å². The molecule has 0 atom stereocenters. The highest BCUT2D eigenvalue weighted by Crippen LogP contribution is 2.15. The molecular formula is C20H29IN4OS2. The van der Waals surface area contributed by atoms with Gasteiger partial charge in [0.2, 0.25) is 5.91 Å². The Bertz CT molecular complexity index is 708.